The van der Waals surface area contributed by atoms with Gasteiger partial charge in [0.2, 0.25) is 0 Å². The molecule has 30 heavy (non-hydrogen) atoms. The third kappa shape index (κ3) is 4.38. The lowest BCUT2D eigenvalue weighted by Crippen LogP contribution is -2.67. The Balaban J connectivity index is 2.00. The summed E-state index contributed by atoms with van der Waals surface area (Å²) in [5, 5.41) is 2.35. The molecule has 0 spiro atoms. The maximum atomic E-state index is 11.7. The minimum absolute atomic E-state index is 0.0158. The van der Waals surface area contributed by atoms with E-state index in [4.69, 9.17) is 13.9 Å². The maximum absolute atomic E-state index is 11.7. The molecular formula is C25H34O4Si. The molecule has 3 rings (SSSR count). The molecule has 1 aliphatic rings. The predicted octanol–water partition coefficient (Wildman–Crippen LogP) is 3.92. The van der Waals surface area contributed by atoms with Gasteiger partial charge in [0.05, 0.1) is 12.7 Å². The Hall–Kier alpha value is -1.95. The second-order valence-electron chi connectivity index (χ2n) is 9.29. The first kappa shape index (κ1) is 22.7. The SMILES string of the molecule is CC(=O)O[C@H]1C(C)C(C)O[C@H]1CO[Si](c1ccccc1)(c1ccccc1)C(C)(C)C. The standard InChI is InChI=1S/C25H34O4Si/c1-18-19(2)28-23(24(18)29-20(3)26)17-27-30(25(4,5)6,21-13-9-7-10-14-21)22-15-11-8-12-16-22/h7-16,18-19,23-24H,17H2,1-6H3/t18?,19?,23-,24-/m0/s1. The molecule has 0 N–H and O–H groups in total. The van der Waals surface area contributed by atoms with Crippen LogP contribution >= 0.6 is 0 Å². The van der Waals surface area contributed by atoms with Crippen molar-refractivity contribution >= 4 is 24.7 Å². The van der Waals surface area contributed by atoms with Gasteiger partial charge in [-0.3, -0.25) is 4.79 Å². The molecule has 2 aromatic rings. The Morgan fingerprint density at radius 1 is 0.967 bits per heavy atom. The summed E-state index contributed by atoms with van der Waals surface area (Å²) in [7, 11) is -2.65. The zero-order valence-corrected chi connectivity index (χ0v) is 19.9. The highest BCUT2D eigenvalue weighted by atomic mass is 28.4. The van der Waals surface area contributed by atoms with Gasteiger partial charge in [0.15, 0.2) is 0 Å². The molecule has 0 aromatic heterocycles. The van der Waals surface area contributed by atoms with Crippen molar-refractivity contribution in [3.05, 3.63) is 60.7 Å². The summed E-state index contributed by atoms with van der Waals surface area (Å²) in [6.07, 6.45) is -0.557. The fourth-order valence-corrected chi connectivity index (χ4v) is 9.13. The molecule has 4 atom stereocenters. The summed E-state index contributed by atoms with van der Waals surface area (Å²) in [6.45, 7) is 12.7. The third-order valence-corrected chi connectivity index (χ3v) is 11.2. The second kappa shape index (κ2) is 9.04. The zero-order valence-electron chi connectivity index (χ0n) is 18.9. The highest BCUT2D eigenvalue weighted by molar-refractivity contribution is 6.99. The Bertz CT molecular complexity index is 792. The van der Waals surface area contributed by atoms with Gasteiger partial charge in [0.1, 0.15) is 12.2 Å². The molecule has 162 valence electrons. The van der Waals surface area contributed by atoms with Crippen LogP contribution in [0.1, 0.15) is 41.5 Å². The van der Waals surface area contributed by atoms with Crippen molar-refractivity contribution in [2.45, 2.75) is 64.9 Å². The van der Waals surface area contributed by atoms with Crippen molar-refractivity contribution < 1.29 is 18.7 Å². The van der Waals surface area contributed by atoms with Crippen molar-refractivity contribution in [3.8, 4) is 0 Å². The van der Waals surface area contributed by atoms with E-state index in [0.29, 0.717) is 6.61 Å². The summed E-state index contributed by atoms with van der Waals surface area (Å²) in [4.78, 5) is 11.7. The Morgan fingerprint density at radius 2 is 1.47 bits per heavy atom. The second-order valence-corrected chi connectivity index (χ2v) is 13.6. The molecule has 2 unspecified atom stereocenters. The van der Waals surface area contributed by atoms with Gasteiger partial charge in [-0.25, -0.2) is 0 Å². The van der Waals surface area contributed by atoms with Crippen molar-refractivity contribution in [1.29, 1.82) is 0 Å². The van der Waals surface area contributed by atoms with E-state index in [2.05, 4.69) is 76.2 Å². The number of benzene rings is 2. The van der Waals surface area contributed by atoms with Crippen LogP contribution in [0, 0.1) is 5.92 Å². The minimum atomic E-state index is -2.65. The number of hydrogen-bond acceptors (Lipinski definition) is 4. The van der Waals surface area contributed by atoms with Gasteiger partial charge in [-0.05, 0) is 22.3 Å². The molecule has 1 aliphatic heterocycles. The topological polar surface area (TPSA) is 44.8 Å². The van der Waals surface area contributed by atoms with Gasteiger partial charge in [0, 0.05) is 12.8 Å². The van der Waals surface area contributed by atoms with Gasteiger partial charge in [0.25, 0.3) is 8.32 Å². The molecule has 0 aliphatic carbocycles. The number of hydrogen-bond donors (Lipinski definition) is 0. The average Bonchev–Trinajstić information content (AvgIpc) is 2.96. The normalized spacial score (nSPS) is 24.6. The summed E-state index contributed by atoms with van der Waals surface area (Å²) < 4.78 is 18.8. The maximum Gasteiger partial charge on any atom is 0.303 e. The Kier molecular flexibility index (Phi) is 6.85. The first-order chi connectivity index (χ1) is 14.2. The van der Waals surface area contributed by atoms with E-state index < -0.39 is 8.32 Å². The van der Waals surface area contributed by atoms with E-state index in [1.54, 1.807) is 0 Å². The van der Waals surface area contributed by atoms with Crippen LogP contribution in [0.5, 0.6) is 0 Å². The summed E-state index contributed by atoms with van der Waals surface area (Å²) in [5.74, 6) is -0.151. The molecule has 4 nitrogen and oxygen atoms in total. The van der Waals surface area contributed by atoms with Gasteiger partial charge in [-0.15, -0.1) is 0 Å². The third-order valence-electron chi connectivity index (χ3n) is 6.20. The lowest BCUT2D eigenvalue weighted by molar-refractivity contribution is -0.151. The number of ether oxygens (including phenoxy) is 2. The molecule has 1 saturated heterocycles. The molecule has 0 bridgehead atoms. The monoisotopic (exact) mass is 426 g/mol. The summed E-state index contributed by atoms with van der Waals surface area (Å²) in [5.41, 5.74) is 0. The van der Waals surface area contributed by atoms with Gasteiger partial charge in [-0.2, -0.15) is 0 Å². The summed E-state index contributed by atoms with van der Waals surface area (Å²) in [6, 6.07) is 21.1. The van der Waals surface area contributed by atoms with E-state index in [1.807, 2.05) is 19.1 Å². The van der Waals surface area contributed by atoms with E-state index in [0.717, 1.165) is 0 Å². The first-order valence-electron chi connectivity index (χ1n) is 10.7. The fourth-order valence-electron chi connectivity index (χ4n) is 4.56. The van der Waals surface area contributed by atoms with E-state index in [1.165, 1.54) is 17.3 Å². The van der Waals surface area contributed by atoms with E-state index in [9.17, 15) is 4.79 Å². The molecular weight excluding hydrogens is 392 g/mol. The Morgan fingerprint density at radius 3 is 1.90 bits per heavy atom. The van der Waals surface area contributed by atoms with Crippen LogP contribution in [0.3, 0.4) is 0 Å². The molecule has 2 aromatic carbocycles. The van der Waals surface area contributed by atoms with Crippen molar-refractivity contribution in [2.24, 2.45) is 5.92 Å². The van der Waals surface area contributed by atoms with Gasteiger partial charge in [-0.1, -0.05) is 88.4 Å². The van der Waals surface area contributed by atoms with Crippen molar-refractivity contribution in [3.63, 3.8) is 0 Å². The van der Waals surface area contributed by atoms with Crippen LogP contribution in [-0.4, -0.2) is 39.2 Å². The number of carbonyl (C=O) groups is 1. The van der Waals surface area contributed by atoms with Gasteiger partial charge >= 0.3 is 5.97 Å². The largest absolute Gasteiger partial charge is 0.459 e. The van der Waals surface area contributed by atoms with Crippen molar-refractivity contribution in [1.82, 2.24) is 0 Å². The van der Waals surface area contributed by atoms with Crippen LogP contribution < -0.4 is 10.4 Å². The van der Waals surface area contributed by atoms with Crippen LogP contribution in [0.4, 0.5) is 0 Å². The zero-order chi connectivity index (χ0) is 21.9. The lowest BCUT2D eigenvalue weighted by Gasteiger charge is -2.43. The first-order valence-corrected chi connectivity index (χ1v) is 12.7. The number of rotatable bonds is 6. The predicted molar refractivity (Wildman–Crippen MR) is 123 cm³/mol. The highest BCUT2D eigenvalue weighted by Crippen LogP contribution is 2.38. The molecule has 1 fully saturated rings. The van der Waals surface area contributed by atoms with Crippen molar-refractivity contribution in [2.75, 3.05) is 6.61 Å². The molecule has 0 saturated carbocycles. The summed E-state index contributed by atoms with van der Waals surface area (Å²) >= 11 is 0. The molecule has 5 heteroatoms. The van der Waals surface area contributed by atoms with Crippen LogP contribution in [-0.2, 0) is 18.7 Å². The lowest BCUT2D eigenvalue weighted by atomic mass is 9.99. The molecule has 0 radical (unpaired) electrons. The molecule has 1 heterocycles. The van der Waals surface area contributed by atoms with Crippen LogP contribution in [0.15, 0.2) is 60.7 Å². The van der Waals surface area contributed by atoms with Crippen LogP contribution in [0.25, 0.3) is 0 Å². The quantitative estimate of drug-likeness (QED) is 0.519. The van der Waals surface area contributed by atoms with E-state index >= 15 is 0 Å². The number of carbonyl (C=O) groups excluding carboxylic acids is 1. The molecule has 0 amide bonds. The minimum Gasteiger partial charge on any atom is -0.459 e. The van der Waals surface area contributed by atoms with E-state index in [-0.39, 0.29) is 35.2 Å². The average molecular weight is 427 g/mol. The smallest absolute Gasteiger partial charge is 0.303 e. The van der Waals surface area contributed by atoms with Crippen LogP contribution in [0.2, 0.25) is 5.04 Å². The highest BCUT2D eigenvalue weighted by Gasteiger charge is 2.52. The Labute approximate surface area is 181 Å². The fraction of sp³-hybridized carbons (Fsp3) is 0.480. The number of esters is 1. The van der Waals surface area contributed by atoms with Gasteiger partial charge < -0.3 is 13.9 Å².